The van der Waals surface area contributed by atoms with Crippen LogP contribution in [0.2, 0.25) is 0 Å². The molecular weight excluding hydrogens is 486 g/mol. The molecule has 0 spiro atoms. The molecule has 0 fully saturated rings. The van der Waals surface area contributed by atoms with E-state index in [4.69, 9.17) is 9.49 Å². The van der Waals surface area contributed by atoms with Gasteiger partial charge in [-0.3, -0.25) is 9.49 Å². The predicted molar refractivity (Wildman–Crippen MR) is 168 cm³/mol. The molecule has 2 nitrogen and oxygen atoms in total. The third kappa shape index (κ3) is 6.40. The van der Waals surface area contributed by atoms with Crippen molar-refractivity contribution in [2.45, 2.75) is 20.3 Å². The summed E-state index contributed by atoms with van der Waals surface area (Å²) in [4.78, 5) is 0. The van der Waals surface area contributed by atoms with Gasteiger partial charge in [0.05, 0.1) is 11.4 Å². The highest BCUT2D eigenvalue weighted by Gasteiger charge is 2.20. The molecule has 0 aliphatic rings. The standard InChI is InChI=1S/C33H36N2P2/c1-5-6-10-17-28(2)36(3,31-18-11-7-12-19-31)34-29-24-26-30(27-25-29)35-37(4,32-20-13-8-14-21-32)33-22-15-9-16-23-33/h6-27H,5H2,1-4H3/b10-6-,28-17+. The van der Waals surface area contributed by atoms with Gasteiger partial charge in [0, 0.05) is 14.1 Å². The van der Waals surface area contributed by atoms with E-state index < -0.39 is 14.1 Å². The van der Waals surface area contributed by atoms with Crippen LogP contribution >= 0.6 is 14.1 Å². The van der Waals surface area contributed by atoms with Crippen LogP contribution in [-0.4, -0.2) is 13.3 Å². The van der Waals surface area contributed by atoms with E-state index >= 15 is 0 Å². The summed E-state index contributed by atoms with van der Waals surface area (Å²) in [6.07, 6.45) is 7.60. The highest BCUT2D eigenvalue weighted by Crippen LogP contribution is 2.55. The summed E-state index contributed by atoms with van der Waals surface area (Å²) in [5, 5.41) is 5.15. The molecule has 0 aliphatic heterocycles. The largest absolute Gasteiger partial charge is 0.259 e. The van der Waals surface area contributed by atoms with Gasteiger partial charge in [-0.2, -0.15) is 0 Å². The van der Waals surface area contributed by atoms with Crippen LogP contribution in [0.4, 0.5) is 11.4 Å². The minimum atomic E-state index is -1.95. The molecule has 188 valence electrons. The molecule has 0 radical (unpaired) electrons. The maximum atomic E-state index is 5.37. The van der Waals surface area contributed by atoms with Crippen molar-refractivity contribution >= 4 is 41.4 Å². The Morgan fingerprint density at radius 1 is 0.622 bits per heavy atom. The monoisotopic (exact) mass is 522 g/mol. The third-order valence-corrected chi connectivity index (χ3v) is 13.3. The van der Waals surface area contributed by atoms with Gasteiger partial charge in [-0.15, -0.1) is 0 Å². The van der Waals surface area contributed by atoms with Crippen molar-refractivity contribution in [1.82, 2.24) is 0 Å². The summed E-state index contributed by atoms with van der Waals surface area (Å²) in [6, 6.07) is 40.5. The number of rotatable bonds is 8. The van der Waals surface area contributed by atoms with Crippen molar-refractivity contribution in [1.29, 1.82) is 0 Å². The van der Waals surface area contributed by atoms with Crippen LogP contribution in [0.15, 0.2) is 148 Å². The first kappa shape index (κ1) is 26.9. The van der Waals surface area contributed by atoms with Crippen LogP contribution in [0.25, 0.3) is 0 Å². The number of nitrogens with zero attached hydrogens (tertiary/aromatic N) is 2. The first-order valence-electron chi connectivity index (χ1n) is 12.8. The first-order valence-corrected chi connectivity index (χ1v) is 17.1. The molecule has 4 aromatic rings. The van der Waals surface area contributed by atoms with Gasteiger partial charge in [0.1, 0.15) is 0 Å². The van der Waals surface area contributed by atoms with Gasteiger partial charge in [0.25, 0.3) is 0 Å². The van der Waals surface area contributed by atoms with Crippen LogP contribution in [0.1, 0.15) is 20.3 Å². The van der Waals surface area contributed by atoms with Crippen LogP contribution in [0, 0.1) is 0 Å². The van der Waals surface area contributed by atoms with Crippen LogP contribution in [0.5, 0.6) is 0 Å². The highest BCUT2D eigenvalue weighted by molar-refractivity contribution is 7.80. The van der Waals surface area contributed by atoms with E-state index in [1.54, 1.807) is 0 Å². The molecule has 0 saturated heterocycles. The lowest BCUT2D eigenvalue weighted by Gasteiger charge is -2.22. The Hall–Kier alpha value is -3.18. The van der Waals surface area contributed by atoms with E-state index in [-0.39, 0.29) is 0 Å². The number of allylic oxidation sites excluding steroid dienone is 4. The molecular formula is C33H36N2P2. The minimum Gasteiger partial charge on any atom is -0.259 e. The molecule has 0 amide bonds. The molecule has 0 bridgehead atoms. The van der Waals surface area contributed by atoms with Gasteiger partial charge < -0.3 is 0 Å². The van der Waals surface area contributed by atoms with Gasteiger partial charge >= 0.3 is 0 Å². The summed E-state index contributed by atoms with van der Waals surface area (Å²) in [6.45, 7) is 8.97. The van der Waals surface area contributed by atoms with E-state index in [1.807, 2.05) is 0 Å². The van der Waals surface area contributed by atoms with Gasteiger partial charge in [-0.1, -0.05) is 116 Å². The average molecular weight is 523 g/mol. The Labute approximate surface area is 222 Å². The molecule has 4 aromatic carbocycles. The quantitative estimate of drug-likeness (QED) is 0.163. The normalized spacial score (nSPS) is 13.8. The second-order valence-corrected chi connectivity index (χ2v) is 15.8. The Morgan fingerprint density at radius 2 is 1.05 bits per heavy atom. The molecule has 0 heterocycles. The highest BCUT2D eigenvalue weighted by atomic mass is 31.2. The van der Waals surface area contributed by atoms with Crippen molar-refractivity contribution in [3.63, 3.8) is 0 Å². The maximum Gasteiger partial charge on any atom is 0.0622 e. The lowest BCUT2D eigenvalue weighted by atomic mass is 10.3. The van der Waals surface area contributed by atoms with Crippen molar-refractivity contribution in [2.75, 3.05) is 13.3 Å². The number of hydrogen-bond donors (Lipinski definition) is 0. The summed E-state index contributed by atoms with van der Waals surface area (Å²) in [7, 11) is -3.86. The van der Waals surface area contributed by atoms with Gasteiger partial charge in [0.15, 0.2) is 0 Å². The van der Waals surface area contributed by atoms with E-state index in [0.29, 0.717) is 0 Å². The molecule has 0 aromatic heterocycles. The molecule has 4 rings (SSSR count). The molecule has 0 aliphatic carbocycles. The second-order valence-electron chi connectivity index (χ2n) is 9.29. The van der Waals surface area contributed by atoms with Crippen molar-refractivity contribution < 1.29 is 0 Å². The Kier molecular flexibility index (Phi) is 8.99. The molecule has 4 heteroatoms. The number of hydrogen-bond acceptors (Lipinski definition) is 2. The van der Waals surface area contributed by atoms with Crippen molar-refractivity contribution in [3.05, 3.63) is 139 Å². The maximum absolute atomic E-state index is 5.37. The fourth-order valence-electron chi connectivity index (χ4n) is 4.30. The zero-order valence-electron chi connectivity index (χ0n) is 22.2. The summed E-state index contributed by atoms with van der Waals surface area (Å²) in [5.41, 5.74) is 1.98. The zero-order chi connectivity index (χ0) is 26.1. The summed E-state index contributed by atoms with van der Waals surface area (Å²) in [5.74, 6) is 0. The number of benzene rings is 4. The Balaban J connectivity index is 1.79. The van der Waals surface area contributed by atoms with Crippen LogP contribution < -0.4 is 15.9 Å². The molecule has 1 unspecified atom stereocenters. The van der Waals surface area contributed by atoms with Gasteiger partial charge in [-0.25, -0.2) is 0 Å². The Morgan fingerprint density at radius 3 is 1.51 bits per heavy atom. The lowest BCUT2D eigenvalue weighted by molar-refractivity contribution is 1.22. The van der Waals surface area contributed by atoms with E-state index in [0.717, 1.165) is 17.8 Å². The topological polar surface area (TPSA) is 24.7 Å². The van der Waals surface area contributed by atoms with E-state index in [2.05, 4.69) is 161 Å². The van der Waals surface area contributed by atoms with Crippen LogP contribution in [0.3, 0.4) is 0 Å². The summed E-state index contributed by atoms with van der Waals surface area (Å²) < 4.78 is 10.7. The lowest BCUT2D eigenvalue weighted by Crippen LogP contribution is -2.14. The van der Waals surface area contributed by atoms with E-state index in [9.17, 15) is 0 Å². The fourth-order valence-corrected chi connectivity index (χ4v) is 9.33. The van der Waals surface area contributed by atoms with E-state index in [1.165, 1.54) is 21.2 Å². The molecule has 1 atom stereocenters. The van der Waals surface area contributed by atoms with Gasteiger partial charge in [-0.05, 0) is 72.2 Å². The van der Waals surface area contributed by atoms with Gasteiger partial charge in [0.2, 0.25) is 0 Å². The minimum absolute atomic E-state index is 0.986. The molecule has 0 saturated carbocycles. The SMILES string of the molecule is CC/C=C\C=C(/C)P(C)(=Nc1ccc(N=P(C)(c2ccccc2)c2ccccc2)cc1)c1ccccc1. The fraction of sp³-hybridized carbons (Fsp3) is 0.152. The van der Waals surface area contributed by atoms with Crippen LogP contribution in [-0.2, 0) is 0 Å². The summed E-state index contributed by atoms with van der Waals surface area (Å²) >= 11 is 0. The third-order valence-electron chi connectivity index (χ3n) is 6.65. The zero-order valence-corrected chi connectivity index (χ0v) is 24.0. The molecule has 0 N–H and O–H groups in total. The predicted octanol–water partition coefficient (Wildman–Crippen LogP) is 9.46. The average Bonchev–Trinajstić information content (AvgIpc) is 2.95. The molecule has 37 heavy (non-hydrogen) atoms. The van der Waals surface area contributed by atoms with Crippen molar-refractivity contribution in [2.24, 2.45) is 9.49 Å². The smallest absolute Gasteiger partial charge is 0.0622 e. The first-order chi connectivity index (χ1) is 18.0. The van der Waals surface area contributed by atoms with Crippen molar-refractivity contribution in [3.8, 4) is 0 Å². The Bertz CT molecular complexity index is 1420. The second kappa shape index (κ2) is 12.4.